The molecule has 0 spiro atoms. The molecule has 2 rings (SSSR count). The number of phenolic OH excluding ortho intramolecular Hbond substituents is 2. The second-order valence-electron chi connectivity index (χ2n) is 13.1. The Balaban J connectivity index is 0.000000563. The third-order valence-corrected chi connectivity index (χ3v) is 6.66. The quantitative estimate of drug-likeness (QED) is 0.212. The second-order valence-corrected chi connectivity index (χ2v) is 14.7. The van der Waals surface area contributed by atoms with E-state index in [0.717, 1.165) is 11.1 Å². The Hall–Kier alpha value is -1.30. The first-order valence-corrected chi connectivity index (χ1v) is 14.4. The van der Waals surface area contributed by atoms with Crippen LogP contribution in [0.5, 0.6) is 11.5 Å². The number of hydrogen-bond donors (Lipinski definition) is 6. The minimum absolute atomic E-state index is 0.00859. The predicted octanol–water partition coefficient (Wildman–Crippen LogP) is 7.40. The number of phenols is 2. The third kappa shape index (κ3) is 13.4. The molecule has 7 nitrogen and oxygen atoms in total. The van der Waals surface area contributed by atoms with Crippen LogP contribution in [0.1, 0.15) is 105 Å². The molecule has 0 aromatic heterocycles. The maximum absolute atomic E-state index is 9.84. The van der Waals surface area contributed by atoms with Crippen molar-refractivity contribution < 1.29 is 34.1 Å². The first-order valence-electron chi connectivity index (χ1n) is 12.1. The molecule has 2 aromatic rings. The van der Waals surface area contributed by atoms with Crippen molar-refractivity contribution in [3.63, 3.8) is 0 Å². The molecule has 0 bridgehead atoms. The molecule has 0 atom stereocenters. The van der Waals surface area contributed by atoms with Gasteiger partial charge in [0.15, 0.2) is 0 Å². The molecule has 0 fully saturated rings. The first-order chi connectivity index (χ1) is 16.4. The highest BCUT2D eigenvalue weighted by Crippen LogP contribution is 2.41. The Morgan fingerprint density at radius 3 is 0.919 bits per heavy atom. The zero-order valence-electron chi connectivity index (χ0n) is 24.5. The summed E-state index contributed by atoms with van der Waals surface area (Å²) in [4.78, 5) is 31.3. The Morgan fingerprint density at radius 1 is 0.486 bits per heavy atom. The summed E-state index contributed by atoms with van der Waals surface area (Å²) >= 11 is 0. The van der Waals surface area contributed by atoms with E-state index < -0.39 is 17.2 Å². The largest absolute Gasteiger partial charge is 0.508 e. The molecule has 0 saturated heterocycles. The van der Waals surface area contributed by atoms with E-state index in [2.05, 4.69) is 99.5 Å². The van der Waals surface area contributed by atoms with Crippen LogP contribution in [-0.4, -0.2) is 29.8 Å². The van der Waals surface area contributed by atoms with E-state index >= 15 is 0 Å². The highest BCUT2D eigenvalue weighted by atomic mass is 31.2. The van der Waals surface area contributed by atoms with Gasteiger partial charge in [0.05, 0.1) is 0 Å². The van der Waals surface area contributed by atoms with Gasteiger partial charge < -0.3 is 29.8 Å². The minimum Gasteiger partial charge on any atom is -0.508 e. The molecule has 0 heterocycles. The van der Waals surface area contributed by atoms with Crippen molar-refractivity contribution >= 4 is 17.2 Å². The lowest BCUT2D eigenvalue weighted by atomic mass is 9.80. The van der Waals surface area contributed by atoms with Gasteiger partial charge in [-0.2, -0.15) is 0 Å². The lowest BCUT2D eigenvalue weighted by Crippen LogP contribution is -2.16. The van der Waals surface area contributed by atoms with Crippen LogP contribution >= 0.6 is 17.2 Å². The molecule has 0 amide bonds. The molecule has 0 aliphatic heterocycles. The normalized spacial score (nSPS) is 12.6. The molecule has 0 radical (unpaired) electrons. The second kappa shape index (κ2) is 13.7. The van der Waals surface area contributed by atoms with Gasteiger partial charge in [-0.1, -0.05) is 107 Å². The fourth-order valence-corrected chi connectivity index (χ4v) is 3.79. The van der Waals surface area contributed by atoms with Crippen molar-refractivity contribution in [3.05, 3.63) is 58.7 Å². The van der Waals surface area contributed by atoms with Crippen molar-refractivity contribution in [1.29, 1.82) is 0 Å². The summed E-state index contributed by atoms with van der Waals surface area (Å²) in [6.07, 6.45) is 0. The summed E-state index contributed by atoms with van der Waals surface area (Å²) in [5.74, 6) is 0.797. The average Bonchev–Trinajstić information content (AvgIpc) is 2.65. The maximum atomic E-state index is 9.84. The van der Waals surface area contributed by atoms with Crippen molar-refractivity contribution in [2.24, 2.45) is 0 Å². The summed E-state index contributed by atoms with van der Waals surface area (Å²) < 4.78 is 3.60. The van der Waals surface area contributed by atoms with Gasteiger partial charge in [0.2, 0.25) is 0 Å². The number of aromatic hydroxyl groups is 2. The van der Waals surface area contributed by atoms with Crippen LogP contribution in [0.15, 0.2) is 36.4 Å². The van der Waals surface area contributed by atoms with Gasteiger partial charge in [-0.25, -0.2) is 4.31 Å². The molecule has 37 heavy (non-hydrogen) atoms. The zero-order valence-corrected chi connectivity index (χ0v) is 26.2. The SMILES string of the molecule is CC(C)(C)c1ccc(O)c(C(C)(C)C)c1.CC(C)(C)c1ccc(O)c(C(C)(C)C)c1.OP(O)OP(O)O. The van der Waals surface area contributed by atoms with E-state index in [-0.39, 0.29) is 21.7 Å². The predicted molar refractivity (Wildman–Crippen MR) is 155 cm³/mol. The van der Waals surface area contributed by atoms with Crippen LogP contribution in [0, 0.1) is 0 Å². The van der Waals surface area contributed by atoms with Crippen LogP contribution in [0.4, 0.5) is 0 Å². The van der Waals surface area contributed by atoms with Gasteiger partial charge in [0, 0.05) is 0 Å². The van der Waals surface area contributed by atoms with Gasteiger partial charge in [0.25, 0.3) is 0 Å². The highest BCUT2D eigenvalue weighted by molar-refractivity contribution is 7.53. The van der Waals surface area contributed by atoms with Crippen LogP contribution in [0.25, 0.3) is 0 Å². The van der Waals surface area contributed by atoms with Gasteiger partial charge in [-0.05, 0) is 56.0 Å². The minimum atomic E-state index is -2.61. The first kappa shape index (κ1) is 35.7. The van der Waals surface area contributed by atoms with Crippen molar-refractivity contribution in [3.8, 4) is 11.5 Å². The van der Waals surface area contributed by atoms with Crippen LogP contribution in [0.3, 0.4) is 0 Å². The van der Waals surface area contributed by atoms with Gasteiger partial charge in [-0.3, -0.25) is 0 Å². The van der Waals surface area contributed by atoms with Crippen molar-refractivity contribution in [1.82, 2.24) is 0 Å². The summed E-state index contributed by atoms with van der Waals surface area (Å²) in [6.45, 7) is 25.8. The average molecular weight is 559 g/mol. The smallest absolute Gasteiger partial charge is 0.334 e. The topological polar surface area (TPSA) is 131 Å². The highest BCUT2D eigenvalue weighted by Gasteiger charge is 2.23. The molecular formula is C28H48O7P2. The zero-order chi connectivity index (χ0) is 29.6. The fourth-order valence-electron chi connectivity index (χ4n) is 3.27. The Kier molecular flexibility index (Phi) is 13.2. The standard InChI is InChI=1S/2C14H22O.H4O5P2/c2*1-13(2,3)10-7-8-12(15)11(9-10)14(4,5)6;1-6(2)5-7(3)4/h2*7-9,15H,1-6H3;1-4H. The van der Waals surface area contributed by atoms with E-state index in [1.165, 1.54) is 11.1 Å². The van der Waals surface area contributed by atoms with Crippen LogP contribution in [-0.2, 0) is 26.0 Å². The number of hydrogen-bond acceptors (Lipinski definition) is 7. The third-order valence-electron chi connectivity index (χ3n) is 5.49. The summed E-state index contributed by atoms with van der Waals surface area (Å²) in [6, 6.07) is 11.9. The summed E-state index contributed by atoms with van der Waals surface area (Å²) in [7, 11) is -5.22. The molecule has 0 saturated carbocycles. The summed E-state index contributed by atoms with van der Waals surface area (Å²) in [5, 5.41) is 19.7. The molecule has 0 aliphatic rings. The number of rotatable bonds is 2. The molecule has 212 valence electrons. The van der Waals surface area contributed by atoms with E-state index in [0.29, 0.717) is 11.5 Å². The Labute approximate surface area is 226 Å². The van der Waals surface area contributed by atoms with E-state index in [1.807, 2.05) is 12.1 Å². The Morgan fingerprint density at radius 2 is 0.757 bits per heavy atom. The monoisotopic (exact) mass is 558 g/mol. The summed E-state index contributed by atoms with van der Waals surface area (Å²) in [5.41, 5.74) is 4.83. The van der Waals surface area contributed by atoms with Crippen LogP contribution < -0.4 is 0 Å². The maximum Gasteiger partial charge on any atom is 0.334 e. The van der Waals surface area contributed by atoms with Crippen molar-refractivity contribution in [2.45, 2.75) is 105 Å². The molecule has 0 aliphatic carbocycles. The molecule has 6 N–H and O–H groups in total. The lowest BCUT2D eigenvalue weighted by Gasteiger charge is -2.25. The van der Waals surface area contributed by atoms with Crippen LogP contribution in [0.2, 0.25) is 0 Å². The molecule has 2 aromatic carbocycles. The fraction of sp³-hybridized carbons (Fsp3) is 0.571. The molecule has 0 unspecified atom stereocenters. The molecular weight excluding hydrogens is 510 g/mol. The van der Waals surface area contributed by atoms with Crippen molar-refractivity contribution in [2.75, 3.05) is 0 Å². The lowest BCUT2D eigenvalue weighted by molar-refractivity contribution is 0.324. The van der Waals surface area contributed by atoms with Gasteiger partial charge >= 0.3 is 17.2 Å². The molecule has 9 heteroatoms. The van der Waals surface area contributed by atoms with E-state index in [1.54, 1.807) is 12.1 Å². The number of benzene rings is 2. The van der Waals surface area contributed by atoms with E-state index in [9.17, 15) is 10.2 Å². The van der Waals surface area contributed by atoms with E-state index in [4.69, 9.17) is 19.6 Å². The Bertz CT molecular complexity index is 898. The van der Waals surface area contributed by atoms with Gasteiger partial charge in [-0.15, -0.1) is 0 Å². The van der Waals surface area contributed by atoms with Gasteiger partial charge in [0.1, 0.15) is 11.5 Å².